The first-order valence-electron chi connectivity index (χ1n) is 11.7. The maximum absolute atomic E-state index is 12.8. The lowest BCUT2D eigenvalue weighted by Crippen LogP contribution is -2.42. The van der Waals surface area contributed by atoms with Crippen LogP contribution in [0.25, 0.3) is 0 Å². The lowest BCUT2D eigenvalue weighted by molar-refractivity contribution is 0.0197. The smallest absolute Gasteiger partial charge is 0.410 e. The Hall–Kier alpha value is -1.10. The van der Waals surface area contributed by atoms with E-state index in [2.05, 4.69) is 20.9 Å². The van der Waals surface area contributed by atoms with Gasteiger partial charge >= 0.3 is 6.09 Å². The van der Waals surface area contributed by atoms with Gasteiger partial charge in [0.25, 0.3) is 0 Å². The summed E-state index contributed by atoms with van der Waals surface area (Å²) in [4.78, 5) is 16.2. The fourth-order valence-electron chi connectivity index (χ4n) is 1.24. The molecular weight excluding hydrogens is 320 g/mol. The minimum Gasteiger partial charge on any atom is -0.444 e. The van der Waals surface area contributed by atoms with E-state index < -0.39 is 71.8 Å². The van der Waals surface area contributed by atoms with Crippen LogP contribution in [0.4, 0.5) is 4.79 Å². The topological polar surface area (TPSA) is 42.4 Å². The van der Waals surface area contributed by atoms with E-state index in [1.807, 2.05) is 0 Å². The van der Waals surface area contributed by atoms with Crippen molar-refractivity contribution in [3.05, 3.63) is 28.4 Å². The number of hydrogen-bond donors (Lipinski definition) is 0. The van der Waals surface area contributed by atoms with Gasteiger partial charge in [-0.05, 0) is 61.5 Å². The normalized spacial score (nSPS) is 42.3. The Kier molecular flexibility index (Phi) is 1.82. The molecule has 5 heteroatoms. The number of carbonyl (C=O) groups excluding carboxylic acids is 1. The lowest BCUT2D eigenvalue weighted by atomic mass is 9.94. The summed E-state index contributed by atoms with van der Waals surface area (Å²) in [7, 11) is 0. The van der Waals surface area contributed by atoms with E-state index in [0.29, 0.717) is 0 Å². The second-order valence-corrected chi connectivity index (χ2v) is 5.54. The van der Waals surface area contributed by atoms with Gasteiger partial charge in [0.05, 0.1) is 6.85 Å². The van der Waals surface area contributed by atoms with Gasteiger partial charge in [-0.2, -0.15) is 0 Å². The van der Waals surface area contributed by atoms with Crippen LogP contribution < -0.4 is 0 Å². The second-order valence-electron chi connectivity index (χ2n) is 4.79. The van der Waals surface area contributed by atoms with Crippen molar-refractivity contribution in [1.29, 1.82) is 0 Å². The van der Waals surface area contributed by atoms with Gasteiger partial charge in [0.1, 0.15) is 10.2 Å². The molecule has 4 nitrogen and oxygen atoms in total. The Morgan fingerprint density at radius 2 is 2.40 bits per heavy atom. The molecule has 1 aliphatic rings. The standard InChI is InChI=1S/C15H21BrN2O2/c1-15(2,3)20-14(19)18-9-5-6-11(10-18)12-7-4-8-13(16)17-12/h4,7-8,11H,5-6,9-10H2,1-3H3/i4D,5D2,6D2,7D,8D,9D2,10D2,11D. The molecule has 1 fully saturated rings. The third kappa shape index (κ3) is 4.20. The number of amides is 1. The SMILES string of the molecule is [2H]c1c(Br)nc(C2([2H])C([2H])([2H])N(C(=O)OC(C)(C)C)C([2H])([2H])C([2H])([2H])C2([2H])[2H])c([2H])c1[2H]. The molecule has 0 radical (unpaired) electrons. The zero-order valence-corrected chi connectivity index (χ0v) is 12.7. The van der Waals surface area contributed by atoms with Crippen LogP contribution in [0.3, 0.4) is 0 Å². The number of halogens is 1. The molecule has 0 N–H and O–H groups in total. The summed E-state index contributed by atoms with van der Waals surface area (Å²) in [6.07, 6.45) is -9.14. The summed E-state index contributed by atoms with van der Waals surface area (Å²) < 4.78 is 103. The van der Waals surface area contributed by atoms with Crippen LogP contribution in [0.5, 0.6) is 0 Å². The van der Waals surface area contributed by atoms with Gasteiger partial charge in [-0.15, -0.1) is 0 Å². The first-order valence-corrected chi connectivity index (χ1v) is 6.46. The number of likely N-dealkylation sites (tertiary alicyclic amines) is 1. The van der Waals surface area contributed by atoms with E-state index in [1.54, 1.807) is 0 Å². The van der Waals surface area contributed by atoms with Crippen molar-refractivity contribution in [2.75, 3.05) is 13.0 Å². The first kappa shape index (κ1) is 5.95. The van der Waals surface area contributed by atoms with Gasteiger partial charge < -0.3 is 9.64 Å². The minimum atomic E-state index is -3.73. The number of ether oxygens (including phenoxy) is 1. The largest absolute Gasteiger partial charge is 0.444 e. The van der Waals surface area contributed by atoms with Gasteiger partial charge in [0.2, 0.25) is 0 Å². The predicted octanol–water partition coefficient (Wildman–Crippen LogP) is 3.96. The van der Waals surface area contributed by atoms with Crippen LogP contribution in [0, 0.1) is 0 Å². The molecule has 0 saturated carbocycles. The molecule has 0 aliphatic carbocycles. The van der Waals surface area contributed by atoms with E-state index in [9.17, 15) is 4.79 Å². The monoisotopic (exact) mass is 352 g/mol. The highest BCUT2D eigenvalue weighted by Gasteiger charge is 2.28. The maximum Gasteiger partial charge on any atom is 0.410 e. The van der Waals surface area contributed by atoms with E-state index >= 15 is 0 Å². The summed E-state index contributed by atoms with van der Waals surface area (Å²) in [6, 6.07) is -2.50. The average Bonchev–Trinajstić information content (AvgIpc) is 2.58. The third-order valence-corrected chi connectivity index (χ3v) is 2.32. The number of nitrogens with zero attached hydrogens (tertiary/aromatic N) is 2. The molecule has 1 aromatic rings. The molecule has 110 valence electrons. The fraction of sp³-hybridized carbons (Fsp3) is 0.600. The van der Waals surface area contributed by atoms with Crippen LogP contribution >= 0.6 is 15.9 Å². The molecule has 0 spiro atoms. The van der Waals surface area contributed by atoms with Gasteiger partial charge in [-0.25, -0.2) is 9.78 Å². The van der Waals surface area contributed by atoms with Crippen molar-refractivity contribution >= 4 is 22.0 Å². The molecule has 1 atom stereocenters. The molecule has 1 aromatic heterocycles. The Balaban J connectivity index is 2.99. The second kappa shape index (κ2) is 6.12. The summed E-state index contributed by atoms with van der Waals surface area (Å²) in [5.41, 5.74) is -2.37. The van der Waals surface area contributed by atoms with E-state index in [4.69, 9.17) is 21.2 Å². The van der Waals surface area contributed by atoms with E-state index in [-0.39, 0.29) is 4.90 Å². The molecule has 0 bridgehead atoms. The molecular formula is C15H21BrN2O2. The van der Waals surface area contributed by atoms with Gasteiger partial charge in [0, 0.05) is 34.2 Å². The fourth-order valence-corrected chi connectivity index (χ4v) is 1.52. The van der Waals surface area contributed by atoms with Crippen molar-refractivity contribution in [2.45, 2.75) is 45.0 Å². The molecule has 1 saturated heterocycles. The molecule has 1 amide bonds. The number of pyridine rings is 1. The first-order chi connectivity index (χ1) is 14.0. The zero-order chi connectivity index (χ0) is 25.5. The van der Waals surface area contributed by atoms with Crippen LogP contribution in [0.2, 0.25) is 0 Å². The minimum absolute atomic E-state index is 0.327. The van der Waals surface area contributed by atoms with Crippen molar-refractivity contribution in [1.82, 2.24) is 9.88 Å². The highest BCUT2D eigenvalue weighted by molar-refractivity contribution is 9.10. The predicted molar refractivity (Wildman–Crippen MR) is 81.7 cm³/mol. The molecule has 1 aliphatic heterocycles. The highest BCUT2D eigenvalue weighted by Crippen LogP contribution is 2.27. The summed E-state index contributed by atoms with van der Waals surface area (Å²) >= 11 is 2.83. The van der Waals surface area contributed by atoms with Gasteiger partial charge in [-0.1, -0.05) is 6.04 Å². The van der Waals surface area contributed by atoms with Crippen LogP contribution in [0.15, 0.2) is 22.7 Å². The van der Waals surface area contributed by atoms with Crippen molar-refractivity contribution in [3.63, 3.8) is 0 Å². The van der Waals surface area contributed by atoms with Crippen molar-refractivity contribution in [3.8, 4) is 0 Å². The Labute approximate surface area is 145 Å². The Morgan fingerprint density at radius 1 is 1.65 bits per heavy atom. The van der Waals surface area contributed by atoms with E-state index in [0.717, 1.165) is 0 Å². The van der Waals surface area contributed by atoms with E-state index in [1.165, 1.54) is 20.8 Å². The number of aromatic nitrogens is 1. The lowest BCUT2D eigenvalue weighted by Gasteiger charge is -2.33. The van der Waals surface area contributed by atoms with Crippen molar-refractivity contribution < 1.29 is 26.0 Å². The number of carbonyl (C=O) groups is 1. The van der Waals surface area contributed by atoms with Crippen LogP contribution in [-0.4, -0.2) is 34.6 Å². The quantitative estimate of drug-likeness (QED) is 0.718. The summed E-state index contributed by atoms with van der Waals surface area (Å²) in [5, 5.41) is 0. The molecule has 2 heterocycles. The molecule has 1 unspecified atom stereocenters. The van der Waals surface area contributed by atoms with Crippen molar-refractivity contribution in [2.24, 2.45) is 0 Å². The number of piperidine rings is 1. The van der Waals surface area contributed by atoms with Gasteiger partial charge in [-0.3, -0.25) is 0 Å². The third-order valence-electron chi connectivity index (χ3n) is 1.95. The highest BCUT2D eigenvalue weighted by atomic mass is 79.9. The zero-order valence-electron chi connectivity index (χ0n) is 23.1. The molecule has 2 rings (SSSR count). The van der Waals surface area contributed by atoms with Crippen LogP contribution in [-0.2, 0) is 4.74 Å². The Bertz CT molecular complexity index is 965. The van der Waals surface area contributed by atoms with Gasteiger partial charge in [0.15, 0.2) is 0 Å². The van der Waals surface area contributed by atoms with Crippen LogP contribution in [0.1, 0.15) is 61.6 Å². The summed E-state index contributed by atoms with van der Waals surface area (Å²) in [6.45, 7) is -3.15. The number of rotatable bonds is 1. The summed E-state index contributed by atoms with van der Waals surface area (Å²) in [5.74, 6) is -3.56. The molecule has 0 aromatic carbocycles. The molecule has 20 heavy (non-hydrogen) atoms. The number of hydrogen-bond acceptors (Lipinski definition) is 3. The maximum atomic E-state index is 12.8. The Morgan fingerprint density at radius 3 is 3.10 bits per heavy atom. The average molecular weight is 353 g/mol.